The minimum atomic E-state index is -3.09. The second-order valence-electron chi connectivity index (χ2n) is 6.19. The lowest BCUT2D eigenvalue weighted by atomic mass is 9.85. The van der Waals surface area contributed by atoms with Gasteiger partial charge in [-0.25, -0.2) is 12.7 Å². The smallest absolute Gasteiger partial charge is 0.223 e. The molecule has 0 aromatic heterocycles. The fraction of sp³-hybridized carbons (Fsp3) is 0.929. The molecule has 0 unspecified atom stereocenters. The summed E-state index contributed by atoms with van der Waals surface area (Å²) in [6, 6.07) is 0.355. The van der Waals surface area contributed by atoms with Crippen molar-refractivity contribution in [1.82, 2.24) is 9.62 Å². The summed E-state index contributed by atoms with van der Waals surface area (Å²) in [5, 5.41) is 3.09. The summed E-state index contributed by atoms with van der Waals surface area (Å²) < 4.78 is 25.1. The van der Waals surface area contributed by atoms with E-state index in [4.69, 9.17) is 5.73 Å². The molecule has 3 N–H and O–H groups in total. The number of nitrogens with one attached hydrogen (secondary N) is 1. The Morgan fingerprint density at radius 2 is 1.71 bits per heavy atom. The van der Waals surface area contributed by atoms with Gasteiger partial charge in [-0.3, -0.25) is 4.79 Å². The predicted octanol–water partition coefficient (Wildman–Crippen LogP) is 0.434. The fourth-order valence-electron chi connectivity index (χ4n) is 3.16. The second kappa shape index (κ2) is 7.07. The van der Waals surface area contributed by atoms with Crippen molar-refractivity contribution >= 4 is 15.9 Å². The van der Waals surface area contributed by atoms with Gasteiger partial charge in [0.1, 0.15) is 0 Å². The molecule has 0 bridgehead atoms. The zero-order chi connectivity index (χ0) is 15.5. The van der Waals surface area contributed by atoms with Crippen LogP contribution in [-0.4, -0.2) is 49.6 Å². The van der Waals surface area contributed by atoms with Gasteiger partial charge in [0.25, 0.3) is 0 Å². The van der Waals surface area contributed by atoms with Crippen molar-refractivity contribution in [2.24, 2.45) is 11.7 Å². The minimum Gasteiger partial charge on any atom is -0.353 e. The Kier molecular flexibility index (Phi) is 5.62. The Morgan fingerprint density at radius 3 is 2.24 bits per heavy atom. The zero-order valence-corrected chi connectivity index (χ0v) is 13.6. The van der Waals surface area contributed by atoms with Gasteiger partial charge in [-0.2, -0.15) is 0 Å². The molecule has 1 saturated heterocycles. The van der Waals surface area contributed by atoms with Crippen LogP contribution < -0.4 is 11.1 Å². The van der Waals surface area contributed by atoms with Crippen molar-refractivity contribution in [3.63, 3.8) is 0 Å². The molecule has 21 heavy (non-hydrogen) atoms. The highest BCUT2D eigenvalue weighted by Crippen LogP contribution is 2.24. The van der Waals surface area contributed by atoms with Crippen LogP contribution in [0.15, 0.2) is 0 Å². The number of carbonyl (C=O) groups excluding carboxylic acids is 1. The quantitative estimate of drug-likeness (QED) is 0.786. The van der Waals surface area contributed by atoms with E-state index in [0.717, 1.165) is 25.7 Å². The molecule has 0 radical (unpaired) electrons. The van der Waals surface area contributed by atoms with Gasteiger partial charge in [0, 0.05) is 31.1 Å². The molecule has 1 amide bonds. The highest BCUT2D eigenvalue weighted by atomic mass is 32.2. The van der Waals surface area contributed by atoms with Crippen LogP contribution in [0.4, 0.5) is 0 Å². The number of rotatable bonds is 4. The molecule has 1 aliphatic heterocycles. The molecule has 6 nitrogen and oxygen atoms in total. The third kappa shape index (κ3) is 4.40. The van der Waals surface area contributed by atoms with Crippen LogP contribution in [0.1, 0.15) is 45.4 Å². The molecular formula is C14H27N3O3S. The summed E-state index contributed by atoms with van der Waals surface area (Å²) in [4.78, 5) is 12.2. The second-order valence-corrected chi connectivity index (χ2v) is 8.45. The Bertz CT molecular complexity index is 450. The highest BCUT2D eigenvalue weighted by Gasteiger charge is 2.30. The Balaban J connectivity index is 1.77. The molecule has 2 fully saturated rings. The number of sulfonamides is 1. The fourth-order valence-corrected chi connectivity index (χ4v) is 4.29. The first kappa shape index (κ1) is 16.7. The maximum Gasteiger partial charge on any atom is 0.223 e. The van der Waals surface area contributed by atoms with E-state index in [1.54, 1.807) is 6.92 Å². The minimum absolute atomic E-state index is 0.0854. The van der Waals surface area contributed by atoms with Gasteiger partial charge in [-0.15, -0.1) is 0 Å². The lowest BCUT2D eigenvalue weighted by Gasteiger charge is -2.33. The molecule has 7 heteroatoms. The van der Waals surface area contributed by atoms with Crippen LogP contribution >= 0.6 is 0 Å². The Hall–Kier alpha value is -0.660. The molecular weight excluding hydrogens is 290 g/mol. The van der Waals surface area contributed by atoms with Crippen molar-refractivity contribution in [1.29, 1.82) is 0 Å². The van der Waals surface area contributed by atoms with Crippen molar-refractivity contribution in [3.8, 4) is 0 Å². The third-order valence-electron chi connectivity index (χ3n) is 4.70. The number of amides is 1. The van der Waals surface area contributed by atoms with Gasteiger partial charge in [0.15, 0.2) is 0 Å². The summed E-state index contributed by atoms with van der Waals surface area (Å²) in [6.45, 7) is 2.68. The first-order chi connectivity index (χ1) is 9.92. The molecule has 2 rings (SSSR count). The molecule has 0 aromatic rings. The average molecular weight is 317 g/mol. The maximum atomic E-state index is 12.2. The summed E-state index contributed by atoms with van der Waals surface area (Å²) in [7, 11) is -3.09. The SMILES string of the molecule is CCS(=O)(=O)N1CCC(NC(=O)C2CCC(N)CC2)CC1. The number of piperidine rings is 1. The molecule has 1 saturated carbocycles. The highest BCUT2D eigenvalue weighted by molar-refractivity contribution is 7.89. The van der Waals surface area contributed by atoms with E-state index in [9.17, 15) is 13.2 Å². The molecule has 1 heterocycles. The van der Waals surface area contributed by atoms with Crippen LogP contribution in [-0.2, 0) is 14.8 Å². The van der Waals surface area contributed by atoms with E-state index in [1.165, 1.54) is 4.31 Å². The molecule has 0 spiro atoms. The molecule has 2 aliphatic rings. The maximum absolute atomic E-state index is 12.2. The average Bonchev–Trinajstić information content (AvgIpc) is 2.48. The van der Waals surface area contributed by atoms with Gasteiger partial charge < -0.3 is 11.1 Å². The van der Waals surface area contributed by atoms with E-state index < -0.39 is 10.0 Å². The van der Waals surface area contributed by atoms with E-state index >= 15 is 0 Å². The van der Waals surface area contributed by atoms with Crippen molar-refractivity contribution < 1.29 is 13.2 Å². The lowest BCUT2D eigenvalue weighted by Crippen LogP contribution is -2.48. The van der Waals surface area contributed by atoms with Crippen LogP contribution in [0.2, 0.25) is 0 Å². The Labute approximate surface area is 127 Å². The van der Waals surface area contributed by atoms with Gasteiger partial charge in [0.05, 0.1) is 5.75 Å². The first-order valence-electron chi connectivity index (χ1n) is 7.96. The third-order valence-corrected chi connectivity index (χ3v) is 6.58. The Morgan fingerprint density at radius 1 is 1.14 bits per heavy atom. The van der Waals surface area contributed by atoms with E-state index in [2.05, 4.69) is 5.32 Å². The summed E-state index contributed by atoms with van der Waals surface area (Å²) in [5.41, 5.74) is 5.86. The van der Waals surface area contributed by atoms with Crippen LogP contribution in [0.5, 0.6) is 0 Å². The van der Waals surface area contributed by atoms with E-state index in [1.807, 2.05) is 0 Å². The zero-order valence-electron chi connectivity index (χ0n) is 12.8. The standard InChI is InChI=1S/C14H27N3O3S/c1-2-21(19,20)17-9-7-13(8-10-17)16-14(18)11-3-5-12(15)6-4-11/h11-13H,2-10,15H2,1H3,(H,16,18). The predicted molar refractivity (Wildman–Crippen MR) is 82.1 cm³/mol. The number of hydrogen-bond acceptors (Lipinski definition) is 4. The van der Waals surface area contributed by atoms with Crippen molar-refractivity contribution in [3.05, 3.63) is 0 Å². The molecule has 122 valence electrons. The summed E-state index contributed by atoms with van der Waals surface area (Å²) in [5.74, 6) is 0.354. The lowest BCUT2D eigenvalue weighted by molar-refractivity contribution is -0.127. The normalized spacial score (nSPS) is 29.2. The molecule has 0 atom stereocenters. The van der Waals surface area contributed by atoms with Gasteiger partial charge >= 0.3 is 0 Å². The topological polar surface area (TPSA) is 92.5 Å². The monoisotopic (exact) mass is 317 g/mol. The largest absolute Gasteiger partial charge is 0.353 e. The molecule has 1 aliphatic carbocycles. The summed E-state index contributed by atoms with van der Waals surface area (Å²) >= 11 is 0. The van der Waals surface area contributed by atoms with Crippen molar-refractivity contribution in [2.75, 3.05) is 18.8 Å². The number of nitrogens with zero attached hydrogens (tertiary/aromatic N) is 1. The van der Waals surface area contributed by atoms with E-state index in [0.29, 0.717) is 25.9 Å². The van der Waals surface area contributed by atoms with E-state index in [-0.39, 0.29) is 29.7 Å². The summed E-state index contributed by atoms with van der Waals surface area (Å²) in [6.07, 6.45) is 5.00. The first-order valence-corrected chi connectivity index (χ1v) is 9.57. The molecule has 0 aromatic carbocycles. The number of nitrogens with two attached hydrogens (primary N) is 1. The van der Waals surface area contributed by atoms with Crippen LogP contribution in [0, 0.1) is 5.92 Å². The van der Waals surface area contributed by atoms with Gasteiger partial charge in [0.2, 0.25) is 15.9 Å². The van der Waals surface area contributed by atoms with Gasteiger partial charge in [-0.05, 0) is 45.4 Å². The van der Waals surface area contributed by atoms with Crippen molar-refractivity contribution in [2.45, 2.75) is 57.5 Å². The van der Waals surface area contributed by atoms with Crippen LogP contribution in [0.3, 0.4) is 0 Å². The number of hydrogen-bond donors (Lipinski definition) is 2. The van der Waals surface area contributed by atoms with Gasteiger partial charge in [-0.1, -0.05) is 0 Å². The van der Waals surface area contributed by atoms with Crippen LogP contribution in [0.25, 0.3) is 0 Å². The number of carbonyl (C=O) groups is 1.